The number of oxazole rings is 1. The van der Waals surface area contributed by atoms with Gasteiger partial charge in [0, 0.05) is 38.3 Å². The van der Waals surface area contributed by atoms with Crippen LogP contribution in [0.1, 0.15) is 59.5 Å². The minimum atomic E-state index is -0.684. The Balaban J connectivity index is 0.00000336. The van der Waals surface area contributed by atoms with Gasteiger partial charge in [-0.15, -0.1) is 0 Å². The molecule has 2 aromatic heterocycles. The van der Waals surface area contributed by atoms with Gasteiger partial charge in [0.15, 0.2) is 12.2 Å². The predicted molar refractivity (Wildman–Crippen MR) is 148 cm³/mol. The Morgan fingerprint density at radius 1 is 1.18 bits per heavy atom. The molecular formula is C27H36N6O4S. The summed E-state index contributed by atoms with van der Waals surface area (Å²) in [4.78, 5) is 27.1. The fourth-order valence-corrected chi connectivity index (χ4v) is 4.98. The summed E-state index contributed by atoms with van der Waals surface area (Å²) in [5.74, 6) is 1.84. The minimum absolute atomic E-state index is 0. The van der Waals surface area contributed by atoms with Crippen molar-refractivity contribution in [3.05, 3.63) is 65.8 Å². The second-order valence-corrected chi connectivity index (χ2v) is 9.80. The summed E-state index contributed by atoms with van der Waals surface area (Å²) in [6.45, 7) is 2.54. The highest BCUT2D eigenvalue weighted by atomic mass is 32.1. The highest BCUT2D eigenvalue weighted by molar-refractivity contribution is 7.59. The molecule has 10 nitrogen and oxygen atoms in total. The summed E-state index contributed by atoms with van der Waals surface area (Å²) in [6, 6.07) is 8.17. The Morgan fingerprint density at radius 2 is 2.05 bits per heavy atom. The average molecular weight is 541 g/mol. The number of hydrogen-bond donors (Lipinski definition) is 3. The molecule has 0 unspecified atom stereocenters. The molecule has 3 aromatic rings. The lowest BCUT2D eigenvalue weighted by Crippen LogP contribution is -2.42. The summed E-state index contributed by atoms with van der Waals surface area (Å²) in [5, 5.41) is 16.8. The fraction of sp³-hybridized carbons (Fsp3) is 0.481. The van der Waals surface area contributed by atoms with Gasteiger partial charge in [0.1, 0.15) is 30.2 Å². The van der Waals surface area contributed by atoms with Gasteiger partial charge < -0.3 is 24.9 Å². The maximum absolute atomic E-state index is 12.6. The molecular weight excluding hydrogens is 504 g/mol. The second-order valence-electron chi connectivity index (χ2n) is 9.80. The molecule has 0 bridgehead atoms. The normalized spacial score (nSPS) is 16.7. The first-order chi connectivity index (χ1) is 18.1. The summed E-state index contributed by atoms with van der Waals surface area (Å²) in [6.07, 6.45) is 10.6. The number of hydrogen-bond acceptors (Lipinski definition) is 9. The smallest absolute Gasteiger partial charge is 0.270 e. The van der Waals surface area contributed by atoms with Crippen LogP contribution >= 0.6 is 13.5 Å². The molecule has 0 radical (unpaired) electrons. The van der Waals surface area contributed by atoms with E-state index in [1.165, 1.54) is 43.1 Å². The van der Waals surface area contributed by atoms with Crippen LogP contribution in [0.3, 0.4) is 0 Å². The van der Waals surface area contributed by atoms with E-state index in [1.807, 2.05) is 6.07 Å². The van der Waals surface area contributed by atoms with Crippen LogP contribution in [0.15, 0.2) is 47.6 Å². The predicted octanol–water partition coefficient (Wildman–Crippen LogP) is 3.05. The Morgan fingerprint density at radius 3 is 2.87 bits per heavy atom. The number of carbonyl (C=O) groups excluding carboxylic acids is 1. The Kier molecular flexibility index (Phi) is 9.97. The Bertz CT molecular complexity index is 1170. The van der Waals surface area contributed by atoms with Gasteiger partial charge in [-0.25, -0.2) is 15.0 Å². The van der Waals surface area contributed by atoms with Gasteiger partial charge in [-0.05, 0) is 42.5 Å². The van der Waals surface area contributed by atoms with Crippen molar-refractivity contribution in [1.29, 1.82) is 0 Å². The number of ether oxygens (including phenoxy) is 1. The monoisotopic (exact) mass is 540 g/mol. The van der Waals surface area contributed by atoms with E-state index in [2.05, 4.69) is 42.6 Å². The molecule has 1 amide bonds. The van der Waals surface area contributed by atoms with Gasteiger partial charge >= 0.3 is 0 Å². The van der Waals surface area contributed by atoms with Crippen LogP contribution in [0.4, 0.5) is 5.82 Å². The lowest BCUT2D eigenvalue weighted by molar-refractivity contribution is 0.0838. The number of fused-ring (bicyclic) bond motifs is 1. The van der Waals surface area contributed by atoms with Gasteiger partial charge in [-0.2, -0.15) is 13.5 Å². The van der Waals surface area contributed by atoms with Crippen molar-refractivity contribution in [2.75, 3.05) is 25.0 Å². The van der Waals surface area contributed by atoms with Crippen LogP contribution in [-0.4, -0.2) is 62.6 Å². The van der Waals surface area contributed by atoms with E-state index >= 15 is 0 Å². The highest BCUT2D eigenvalue weighted by Gasteiger charge is 2.21. The van der Waals surface area contributed by atoms with Crippen molar-refractivity contribution in [2.45, 2.75) is 63.8 Å². The zero-order valence-electron chi connectivity index (χ0n) is 21.4. The van der Waals surface area contributed by atoms with E-state index in [9.17, 15) is 9.90 Å². The van der Waals surface area contributed by atoms with Gasteiger partial charge in [0.05, 0.1) is 12.3 Å². The lowest BCUT2D eigenvalue weighted by Gasteiger charge is -2.30. The summed E-state index contributed by atoms with van der Waals surface area (Å²) < 4.78 is 11.0. The number of carbonyl (C=O) groups is 1. The third-order valence-electron chi connectivity index (χ3n) is 6.96. The molecule has 3 heterocycles. The molecule has 0 saturated heterocycles. The zero-order chi connectivity index (χ0) is 25.5. The molecule has 1 aromatic carbocycles. The van der Waals surface area contributed by atoms with Crippen molar-refractivity contribution in [3.8, 4) is 5.75 Å². The Labute approximate surface area is 229 Å². The van der Waals surface area contributed by atoms with E-state index in [1.54, 1.807) is 12.3 Å². The zero-order valence-corrected chi connectivity index (χ0v) is 22.4. The van der Waals surface area contributed by atoms with Crippen LogP contribution in [-0.2, 0) is 19.6 Å². The third-order valence-corrected chi connectivity index (χ3v) is 6.96. The summed E-state index contributed by atoms with van der Waals surface area (Å²) in [5.41, 5.74) is 2.76. The van der Waals surface area contributed by atoms with E-state index in [-0.39, 0.29) is 25.9 Å². The first-order valence-electron chi connectivity index (χ1n) is 13.0. The Hall–Kier alpha value is -3.15. The number of benzene rings is 1. The molecule has 1 atom stereocenters. The van der Waals surface area contributed by atoms with Gasteiger partial charge in [0.25, 0.3) is 5.91 Å². The van der Waals surface area contributed by atoms with Crippen LogP contribution in [0.5, 0.6) is 5.75 Å². The number of amides is 1. The number of aromatic nitrogens is 3. The maximum Gasteiger partial charge on any atom is 0.270 e. The van der Waals surface area contributed by atoms with Crippen molar-refractivity contribution in [1.82, 2.24) is 25.2 Å². The molecule has 2 aliphatic rings. The lowest BCUT2D eigenvalue weighted by atomic mass is 9.95. The van der Waals surface area contributed by atoms with Gasteiger partial charge in [-0.1, -0.05) is 25.3 Å². The standard InChI is InChI=1S/C27H34N6O4.H2S/c34-22(12-29-27(35)25-11-26(31-17-30-25)32-21-4-2-1-3-5-21)15-33-9-8-19-10-23(7-6-20(19)14-33)36-16-24-13-28-18-37-24;/h6-7,10-11,13,17-18,21-22,34H,1-5,8-9,12,14-16H2,(H,29,35)(H,30,31,32);1H2/t22-;/m0./s1. The average Bonchev–Trinajstić information content (AvgIpc) is 3.45. The van der Waals surface area contributed by atoms with Crippen LogP contribution in [0.2, 0.25) is 0 Å². The van der Waals surface area contributed by atoms with Crippen molar-refractivity contribution < 1.29 is 19.1 Å². The highest BCUT2D eigenvalue weighted by Crippen LogP contribution is 2.25. The first-order valence-corrected chi connectivity index (χ1v) is 13.0. The van der Waals surface area contributed by atoms with E-state index in [0.29, 0.717) is 36.5 Å². The van der Waals surface area contributed by atoms with Crippen molar-refractivity contribution >= 4 is 25.2 Å². The topological polar surface area (TPSA) is 126 Å². The molecule has 11 heteroatoms. The maximum atomic E-state index is 12.6. The molecule has 1 aliphatic heterocycles. The van der Waals surface area contributed by atoms with Crippen LogP contribution in [0.25, 0.3) is 0 Å². The SMILES string of the molecule is O=C(NC[C@H](O)CN1CCc2cc(OCc3cnco3)ccc2C1)c1cc(NC2CCCCC2)ncn1.S. The van der Waals surface area contributed by atoms with Gasteiger partial charge in [-0.3, -0.25) is 9.69 Å². The summed E-state index contributed by atoms with van der Waals surface area (Å²) in [7, 11) is 0. The number of aliphatic hydroxyl groups is 1. The molecule has 1 saturated carbocycles. The van der Waals surface area contributed by atoms with Gasteiger partial charge in [0.2, 0.25) is 0 Å². The largest absolute Gasteiger partial charge is 0.486 e. The molecule has 1 aliphatic carbocycles. The minimum Gasteiger partial charge on any atom is -0.486 e. The van der Waals surface area contributed by atoms with Crippen molar-refractivity contribution in [2.24, 2.45) is 0 Å². The van der Waals surface area contributed by atoms with Crippen molar-refractivity contribution in [3.63, 3.8) is 0 Å². The van der Waals surface area contributed by atoms with E-state index in [0.717, 1.165) is 38.1 Å². The van der Waals surface area contributed by atoms with E-state index < -0.39 is 6.10 Å². The third kappa shape index (κ3) is 7.68. The molecule has 38 heavy (non-hydrogen) atoms. The molecule has 0 spiro atoms. The van der Waals surface area contributed by atoms with Crippen LogP contribution < -0.4 is 15.4 Å². The quantitative estimate of drug-likeness (QED) is 0.356. The molecule has 1 fully saturated rings. The number of rotatable bonds is 10. The number of β-amino-alcohol motifs (C(OH)–C–C–N with tert-alkyl or cyclic N) is 1. The molecule has 5 rings (SSSR count). The molecule has 204 valence electrons. The van der Waals surface area contributed by atoms with E-state index in [4.69, 9.17) is 9.15 Å². The second kappa shape index (κ2) is 13.6. The van der Waals surface area contributed by atoms with Crippen LogP contribution in [0, 0.1) is 0 Å². The first kappa shape index (κ1) is 27.9. The number of nitrogens with zero attached hydrogens (tertiary/aromatic N) is 4. The summed E-state index contributed by atoms with van der Waals surface area (Å²) >= 11 is 0. The fourth-order valence-electron chi connectivity index (χ4n) is 4.98. The molecule has 3 N–H and O–H groups in total. The number of anilines is 1. The number of nitrogens with one attached hydrogen (secondary N) is 2. The number of aliphatic hydroxyl groups excluding tert-OH is 1.